The van der Waals surface area contributed by atoms with E-state index in [-0.39, 0.29) is 0 Å². The summed E-state index contributed by atoms with van der Waals surface area (Å²) in [6, 6.07) is 0. The molecule has 1 aliphatic heterocycles. The molecule has 0 aromatic heterocycles. The van der Waals surface area contributed by atoms with Crippen molar-refractivity contribution in [3.05, 3.63) is 12.3 Å². The van der Waals surface area contributed by atoms with Crippen LogP contribution in [0.15, 0.2) is 12.3 Å². The van der Waals surface area contributed by atoms with Crippen LogP contribution in [-0.2, 0) is 0 Å². The molecule has 1 aliphatic rings. The monoisotopic (exact) mass is 126 g/mol. The van der Waals surface area contributed by atoms with E-state index in [4.69, 9.17) is 0 Å². The first-order valence-electron chi connectivity index (χ1n) is 3.59. The molecule has 0 aromatic carbocycles. The highest BCUT2D eigenvalue weighted by molar-refractivity contribution is 4.82. The molecule has 0 saturated carbocycles. The lowest BCUT2D eigenvalue weighted by molar-refractivity contribution is 0.651. The molecule has 2 N–H and O–H groups in total. The maximum atomic E-state index is 3.30. The van der Waals surface area contributed by atoms with Gasteiger partial charge in [-0.25, -0.2) is 0 Å². The van der Waals surface area contributed by atoms with E-state index in [2.05, 4.69) is 16.7 Å². The van der Waals surface area contributed by atoms with Crippen molar-refractivity contribution in [2.45, 2.75) is 12.8 Å². The van der Waals surface area contributed by atoms with E-state index < -0.39 is 0 Å². The van der Waals surface area contributed by atoms with Gasteiger partial charge in [0.25, 0.3) is 0 Å². The second-order valence-corrected chi connectivity index (χ2v) is 2.27. The van der Waals surface area contributed by atoms with Crippen molar-refractivity contribution in [2.24, 2.45) is 0 Å². The van der Waals surface area contributed by atoms with Gasteiger partial charge in [0.15, 0.2) is 0 Å². The molecule has 2 nitrogen and oxygen atoms in total. The fourth-order valence-electron chi connectivity index (χ4n) is 0.888. The average Bonchev–Trinajstić information content (AvgIpc) is 2.00. The Morgan fingerprint density at radius 1 is 1.11 bits per heavy atom. The maximum absolute atomic E-state index is 3.30. The third-order valence-corrected chi connectivity index (χ3v) is 1.42. The Morgan fingerprint density at radius 3 is 3.00 bits per heavy atom. The molecular formula is C7H14N2. The predicted molar refractivity (Wildman–Crippen MR) is 39.2 cm³/mol. The first-order valence-corrected chi connectivity index (χ1v) is 3.59. The largest absolute Gasteiger partial charge is 0.391 e. The van der Waals surface area contributed by atoms with Crippen molar-refractivity contribution in [1.82, 2.24) is 10.6 Å². The van der Waals surface area contributed by atoms with Gasteiger partial charge in [-0.1, -0.05) is 6.08 Å². The molecule has 1 rings (SSSR count). The number of hydrogen-bond donors (Lipinski definition) is 2. The molecule has 2 heteroatoms. The fraction of sp³-hybridized carbons (Fsp3) is 0.714. The van der Waals surface area contributed by atoms with E-state index in [0.717, 1.165) is 19.6 Å². The normalized spacial score (nSPS) is 21.3. The third kappa shape index (κ3) is 3.14. The lowest BCUT2D eigenvalue weighted by Crippen LogP contribution is -2.14. The van der Waals surface area contributed by atoms with Crippen LogP contribution in [-0.4, -0.2) is 19.6 Å². The van der Waals surface area contributed by atoms with Gasteiger partial charge in [0.1, 0.15) is 0 Å². The Labute approximate surface area is 56.3 Å². The zero-order valence-corrected chi connectivity index (χ0v) is 5.69. The van der Waals surface area contributed by atoms with Crippen LogP contribution >= 0.6 is 0 Å². The molecular weight excluding hydrogens is 112 g/mol. The highest BCUT2D eigenvalue weighted by atomic mass is 14.9. The Bertz CT molecular complexity index is 78.9. The maximum Gasteiger partial charge on any atom is 0.0151 e. The zero-order chi connectivity index (χ0) is 6.36. The summed E-state index contributed by atoms with van der Waals surface area (Å²) >= 11 is 0. The molecule has 0 bridgehead atoms. The summed E-state index contributed by atoms with van der Waals surface area (Å²) in [5, 5.41) is 6.51. The third-order valence-electron chi connectivity index (χ3n) is 1.42. The Balaban J connectivity index is 2.15. The van der Waals surface area contributed by atoms with Crippen molar-refractivity contribution >= 4 is 0 Å². The van der Waals surface area contributed by atoms with E-state index in [1.165, 1.54) is 12.8 Å². The van der Waals surface area contributed by atoms with Gasteiger partial charge in [0.2, 0.25) is 0 Å². The quantitative estimate of drug-likeness (QED) is 0.493. The minimum absolute atomic E-state index is 1.01. The van der Waals surface area contributed by atoms with Gasteiger partial charge in [0.05, 0.1) is 0 Å². The minimum Gasteiger partial charge on any atom is -0.391 e. The summed E-state index contributed by atoms with van der Waals surface area (Å²) in [5.74, 6) is 0. The smallest absolute Gasteiger partial charge is 0.0151 e. The van der Waals surface area contributed by atoms with Gasteiger partial charge in [-0.05, 0) is 25.6 Å². The molecule has 0 amide bonds. The molecule has 52 valence electrons. The molecule has 0 aliphatic carbocycles. The molecule has 0 aromatic rings. The van der Waals surface area contributed by atoms with Crippen LogP contribution in [0, 0.1) is 0 Å². The molecule has 0 spiro atoms. The minimum atomic E-state index is 1.01. The van der Waals surface area contributed by atoms with Gasteiger partial charge < -0.3 is 10.6 Å². The van der Waals surface area contributed by atoms with E-state index in [1.807, 2.05) is 6.20 Å². The standard InChI is InChI=1S/C7H14N2/c1-2-5-9-7-3-6-8-4-1/h3,6,8-9H,1-2,4-5,7H2. The zero-order valence-electron chi connectivity index (χ0n) is 5.69. The average molecular weight is 126 g/mol. The van der Waals surface area contributed by atoms with Crippen molar-refractivity contribution in [3.63, 3.8) is 0 Å². The van der Waals surface area contributed by atoms with E-state index in [1.54, 1.807) is 0 Å². The highest BCUT2D eigenvalue weighted by Gasteiger charge is 1.88. The van der Waals surface area contributed by atoms with E-state index in [9.17, 15) is 0 Å². The number of hydrogen-bond acceptors (Lipinski definition) is 2. The van der Waals surface area contributed by atoms with Crippen LogP contribution in [0.5, 0.6) is 0 Å². The fourth-order valence-corrected chi connectivity index (χ4v) is 0.888. The molecule has 1 heterocycles. The number of nitrogens with one attached hydrogen (secondary N) is 2. The van der Waals surface area contributed by atoms with Gasteiger partial charge >= 0.3 is 0 Å². The van der Waals surface area contributed by atoms with Gasteiger partial charge in [-0.15, -0.1) is 0 Å². The molecule has 0 fully saturated rings. The second-order valence-electron chi connectivity index (χ2n) is 2.27. The second kappa shape index (κ2) is 4.39. The molecule has 0 atom stereocenters. The highest BCUT2D eigenvalue weighted by Crippen LogP contribution is 1.85. The molecule has 0 saturated heterocycles. The van der Waals surface area contributed by atoms with E-state index >= 15 is 0 Å². The topological polar surface area (TPSA) is 24.1 Å². The first-order chi connectivity index (χ1) is 4.50. The first kappa shape index (κ1) is 6.62. The lowest BCUT2D eigenvalue weighted by atomic mass is 10.3. The Kier molecular flexibility index (Phi) is 3.22. The van der Waals surface area contributed by atoms with Crippen LogP contribution < -0.4 is 10.6 Å². The van der Waals surface area contributed by atoms with Crippen LogP contribution in [0.1, 0.15) is 12.8 Å². The predicted octanol–water partition coefficient (Wildman–Crippen LogP) is 0.473. The summed E-state index contributed by atoms with van der Waals surface area (Å²) in [5.41, 5.74) is 0. The number of rotatable bonds is 0. The van der Waals surface area contributed by atoms with Gasteiger partial charge in [0, 0.05) is 13.1 Å². The summed E-state index contributed by atoms with van der Waals surface area (Å²) in [6.07, 6.45) is 6.70. The van der Waals surface area contributed by atoms with Crippen molar-refractivity contribution < 1.29 is 0 Å². The Morgan fingerprint density at radius 2 is 2.00 bits per heavy atom. The van der Waals surface area contributed by atoms with Crippen molar-refractivity contribution in [2.75, 3.05) is 19.6 Å². The van der Waals surface area contributed by atoms with E-state index in [0.29, 0.717) is 0 Å². The van der Waals surface area contributed by atoms with Crippen molar-refractivity contribution in [3.8, 4) is 0 Å². The molecule has 0 radical (unpaired) electrons. The summed E-state index contributed by atoms with van der Waals surface area (Å²) in [6.45, 7) is 3.29. The SMILES string of the molecule is C1=CNCCCCNC1. The van der Waals surface area contributed by atoms with Crippen LogP contribution in [0.2, 0.25) is 0 Å². The van der Waals surface area contributed by atoms with Crippen LogP contribution in [0.4, 0.5) is 0 Å². The molecule has 9 heavy (non-hydrogen) atoms. The Hall–Kier alpha value is -0.500. The summed E-state index contributed by atoms with van der Waals surface area (Å²) < 4.78 is 0. The van der Waals surface area contributed by atoms with Crippen molar-refractivity contribution in [1.29, 1.82) is 0 Å². The van der Waals surface area contributed by atoms with Crippen LogP contribution in [0.25, 0.3) is 0 Å². The van der Waals surface area contributed by atoms with Crippen LogP contribution in [0.3, 0.4) is 0 Å². The lowest BCUT2D eigenvalue weighted by Gasteiger charge is -1.97. The summed E-state index contributed by atoms with van der Waals surface area (Å²) in [4.78, 5) is 0. The summed E-state index contributed by atoms with van der Waals surface area (Å²) in [7, 11) is 0. The van der Waals surface area contributed by atoms with Gasteiger partial charge in [-0.2, -0.15) is 0 Å². The van der Waals surface area contributed by atoms with Gasteiger partial charge in [-0.3, -0.25) is 0 Å². The molecule has 0 unspecified atom stereocenters.